The minimum atomic E-state index is -0.216. The third-order valence-corrected chi connectivity index (χ3v) is 23.5. The van der Waals surface area contributed by atoms with Gasteiger partial charge in [0.15, 0.2) is 0 Å². The van der Waals surface area contributed by atoms with E-state index in [1.807, 2.05) is 0 Å². The van der Waals surface area contributed by atoms with Crippen molar-refractivity contribution in [3.63, 3.8) is 0 Å². The van der Waals surface area contributed by atoms with Gasteiger partial charge < -0.3 is 9.47 Å². The standard InChI is InChI=1S/C98H79BN2/c1-95(2,3)64-46-49-70(50-47-64)100-85-53-48-69(96(4,5)6)58-83(85)99-84-59-82-77-34-20-18-30-73(77)75-32-22-24-36-79(75)90(82)92-91-86(54-52-80-76-33-19-17-29-72(76)74-31-21-23-35-78(74)89(80)91)101(94(84)92)88-57-63(56-87(100)93(88)99)71-51-41-62(60-37-42-67(43-38-60)97(7,8)65-25-13-11-14-26-65)55-81(71)61-39-44-68(45-40-61)98(9,10)66-27-15-12-16-28-66/h11-59H,1-10H3. The van der Waals surface area contributed by atoms with Gasteiger partial charge in [-0.1, -0.05) is 324 Å². The SMILES string of the molecule is CC(C)(C)c1ccc(N2c3ccc(C(C)(C)C)cc3B3c4c2cc(-c2ccc(-c5ccc(C(C)(C)c6ccccc6)cc5)cc2-c2ccc(C(C)(C)c5ccccc5)cc2)cc4-n2c4ccc5c6ccccc6c6ccccc6c5c4c4c5c6ccccc6c6ccccc6c5cc3c42)cc1. The molecule has 16 aromatic carbocycles. The van der Waals surface area contributed by atoms with Crippen LogP contribution in [0.25, 0.3) is 126 Å². The third kappa shape index (κ3) is 9.18. The van der Waals surface area contributed by atoms with E-state index in [-0.39, 0.29) is 28.4 Å². The Bertz CT molecular complexity index is 6260. The van der Waals surface area contributed by atoms with Gasteiger partial charge in [-0.15, -0.1) is 0 Å². The molecule has 0 aliphatic carbocycles. The van der Waals surface area contributed by atoms with Gasteiger partial charge in [0.2, 0.25) is 0 Å². The van der Waals surface area contributed by atoms with Crippen LogP contribution in [0, 0.1) is 0 Å². The summed E-state index contributed by atoms with van der Waals surface area (Å²) in [5.41, 5.74) is 25.5. The van der Waals surface area contributed by atoms with Gasteiger partial charge in [-0.3, -0.25) is 0 Å². The highest BCUT2D eigenvalue weighted by molar-refractivity contribution is 7.00. The van der Waals surface area contributed by atoms with Crippen molar-refractivity contribution in [2.24, 2.45) is 0 Å². The molecule has 0 bridgehead atoms. The fourth-order valence-electron chi connectivity index (χ4n) is 17.9. The highest BCUT2D eigenvalue weighted by Crippen LogP contribution is 2.52. The number of fused-ring (bicyclic) bond motifs is 21. The van der Waals surface area contributed by atoms with Gasteiger partial charge in [-0.2, -0.15) is 0 Å². The number of hydrogen-bond donors (Lipinski definition) is 0. The minimum Gasteiger partial charge on any atom is -0.311 e. The first-order valence-electron chi connectivity index (χ1n) is 36.2. The van der Waals surface area contributed by atoms with Crippen molar-refractivity contribution in [1.29, 1.82) is 0 Å². The molecular formula is C98H79BN2. The van der Waals surface area contributed by atoms with Crippen LogP contribution >= 0.6 is 0 Å². The van der Waals surface area contributed by atoms with Crippen molar-refractivity contribution in [1.82, 2.24) is 4.57 Å². The molecule has 0 atom stereocenters. The van der Waals surface area contributed by atoms with Crippen molar-refractivity contribution in [2.75, 3.05) is 4.90 Å². The first kappa shape index (κ1) is 60.9. The second-order valence-corrected chi connectivity index (χ2v) is 31.9. The second kappa shape index (κ2) is 22.1. The van der Waals surface area contributed by atoms with E-state index in [4.69, 9.17) is 0 Å². The monoisotopic (exact) mass is 1290 g/mol. The lowest BCUT2D eigenvalue weighted by molar-refractivity contribution is 0.590. The molecule has 0 spiro atoms. The fourth-order valence-corrected chi connectivity index (χ4v) is 17.9. The van der Waals surface area contributed by atoms with Gasteiger partial charge in [0.25, 0.3) is 6.71 Å². The number of anilines is 3. The van der Waals surface area contributed by atoms with Crippen LogP contribution in [0.2, 0.25) is 0 Å². The molecule has 0 amide bonds. The average Bonchev–Trinajstić information content (AvgIpc) is 1.56. The number of benzene rings is 16. The van der Waals surface area contributed by atoms with Crippen molar-refractivity contribution in [2.45, 2.75) is 90.9 Å². The Morgan fingerprint density at radius 2 is 0.693 bits per heavy atom. The molecule has 2 aliphatic heterocycles. The molecule has 2 nitrogen and oxygen atoms in total. The van der Waals surface area contributed by atoms with Gasteiger partial charge in [-0.05, 0) is 190 Å². The fraction of sp³-hybridized carbons (Fsp3) is 0.143. The predicted molar refractivity (Wildman–Crippen MR) is 436 cm³/mol. The van der Waals surface area contributed by atoms with Crippen molar-refractivity contribution >= 4 is 127 Å². The highest BCUT2D eigenvalue weighted by atomic mass is 15.2. The molecule has 3 heterocycles. The summed E-state index contributed by atoms with van der Waals surface area (Å²) in [6.45, 7) is 23.3. The second-order valence-electron chi connectivity index (χ2n) is 31.9. The van der Waals surface area contributed by atoms with Gasteiger partial charge in [0.05, 0.1) is 11.0 Å². The zero-order valence-electron chi connectivity index (χ0n) is 59.3. The maximum absolute atomic E-state index is 2.75. The molecule has 0 N–H and O–H groups in total. The van der Waals surface area contributed by atoms with Gasteiger partial charge in [0, 0.05) is 55.1 Å². The Hall–Kier alpha value is -11.3. The van der Waals surface area contributed by atoms with E-state index in [2.05, 4.69) is 376 Å². The van der Waals surface area contributed by atoms with Crippen LogP contribution in [0.5, 0.6) is 0 Å². The maximum atomic E-state index is 2.75. The summed E-state index contributed by atoms with van der Waals surface area (Å²) >= 11 is 0. The summed E-state index contributed by atoms with van der Waals surface area (Å²) in [5, 5.41) is 18.0. The van der Waals surface area contributed by atoms with Crippen molar-refractivity contribution < 1.29 is 0 Å². The molecule has 2 aliphatic rings. The molecule has 1 aromatic heterocycles. The van der Waals surface area contributed by atoms with E-state index in [0.717, 1.165) is 11.3 Å². The molecule has 0 radical (unpaired) electrons. The quantitative estimate of drug-likeness (QED) is 0.109. The summed E-state index contributed by atoms with van der Waals surface area (Å²) in [7, 11) is 0. The van der Waals surface area contributed by atoms with Crippen molar-refractivity contribution in [3.05, 3.63) is 331 Å². The van der Waals surface area contributed by atoms with E-state index in [1.54, 1.807) is 0 Å². The molecule has 17 aromatic rings. The zero-order chi connectivity index (χ0) is 68.6. The van der Waals surface area contributed by atoms with Crippen molar-refractivity contribution in [3.8, 4) is 39.1 Å². The largest absolute Gasteiger partial charge is 0.311 e. The van der Waals surface area contributed by atoms with Crippen LogP contribution in [0.15, 0.2) is 297 Å². The normalized spacial score (nSPS) is 13.2. The summed E-state index contributed by atoms with van der Waals surface area (Å²) in [6, 6.07) is 115. The number of rotatable bonds is 8. The topological polar surface area (TPSA) is 8.17 Å². The lowest BCUT2D eigenvalue weighted by Gasteiger charge is -2.41. The van der Waals surface area contributed by atoms with Crippen LogP contribution in [0.3, 0.4) is 0 Å². The summed E-state index contributed by atoms with van der Waals surface area (Å²) < 4.78 is 2.75. The van der Waals surface area contributed by atoms with Crippen LogP contribution in [-0.2, 0) is 21.7 Å². The molecule has 0 saturated carbocycles. The first-order valence-corrected chi connectivity index (χ1v) is 36.2. The zero-order valence-corrected chi connectivity index (χ0v) is 59.3. The number of aromatic nitrogens is 1. The van der Waals surface area contributed by atoms with Gasteiger partial charge >= 0.3 is 0 Å². The van der Waals surface area contributed by atoms with E-state index in [1.165, 1.54) is 181 Å². The first-order chi connectivity index (χ1) is 48.9. The molecule has 484 valence electrons. The molecular weight excluding hydrogens is 1220 g/mol. The van der Waals surface area contributed by atoms with Crippen LogP contribution in [0.4, 0.5) is 17.1 Å². The molecule has 3 heteroatoms. The molecule has 0 unspecified atom stereocenters. The van der Waals surface area contributed by atoms with Gasteiger partial charge in [0.1, 0.15) is 0 Å². The maximum Gasteiger partial charge on any atom is 0.252 e. The minimum absolute atomic E-state index is 0.0341. The van der Waals surface area contributed by atoms with Crippen LogP contribution < -0.4 is 21.3 Å². The Balaban J connectivity index is 0.962. The van der Waals surface area contributed by atoms with E-state index in [0.29, 0.717) is 0 Å². The Morgan fingerprint density at radius 3 is 1.24 bits per heavy atom. The predicted octanol–water partition coefficient (Wildman–Crippen LogP) is 24.6. The average molecular weight is 1300 g/mol. The lowest BCUT2D eigenvalue weighted by Crippen LogP contribution is -2.60. The number of nitrogens with zero attached hydrogens (tertiary/aromatic N) is 2. The Kier molecular flexibility index (Phi) is 13.3. The van der Waals surface area contributed by atoms with E-state index in [9.17, 15) is 0 Å². The van der Waals surface area contributed by atoms with Crippen LogP contribution in [-0.4, -0.2) is 11.3 Å². The van der Waals surface area contributed by atoms with Gasteiger partial charge in [-0.25, -0.2) is 0 Å². The molecule has 101 heavy (non-hydrogen) atoms. The van der Waals surface area contributed by atoms with E-state index < -0.39 is 0 Å². The Labute approximate surface area is 592 Å². The smallest absolute Gasteiger partial charge is 0.252 e. The summed E-state index contributed by atoms with van der Waals surface area (Å²) in [6.07, 6.45) is 0. The molecule has 0 saturated heterocycles. The van der Waals surface area contributed by atoms with Crippen LogP contribution in [0.1, 0.15) is 103 Å². The summed E-state index contributed by atoms with van der Waals surface area (Å²) in [5.74, 6) is 0. The Morgan fingerprint density at radius 1 is 0.257 bits per heavy atom. The molecule has 0 fully saturated rings. The summed E-state index contributed by atoms with van der Waals surface area (Å²) in [4.78, 5) is 2.63. The van der Waals surface area contributed by atoms with E-state index >= 15 is 0 Å². The highest BCUT2D eigenvalue weighted by Gasteiger charge is 2.44. The lowest BCUT2D eigenvalue weighted by atomic mass is 9.33. The third-order valence-electron chi connectivity index (χ3n) is 23.5. The number of hydrogen-bond acceptors (Lipinski definition) is 1. The molecule has 19 rings (SSSR count).